The quantitative estimate of drug-likeness (QED) is 0.348. The number of thiazole rings is 1. The van der Waals surface area contributed by atoms with Crippen LogP contribution in [0.1, 0.15) is 29.7 Å². The van der Waals surface area contributed by atoms with E-state index < -0.39 is 23.8 Å². The van der Waals surface area contributed by atoms with Crippen molar-refractivity contribution in [2.45, 2.75) is 35.6 Å². The molecule has 3 aromatic rings. The summed E-state index contributed by atoms with van der Waals surface area (Å²) in [4.78, 5) is 68.1. The molecule has 7 unspecified atom stereocenters. The van der Waals surface area contributed by atoms with Crippen LogP contribution in [0.15, 0.2) is 64.4 Å². The number of carbonyl (C=O) groups excluding carboxylic acids is 3. The van der Waals surface area contributed by atoms with Crippen molar-refractivity contribution < 1.29 is 29.0 Å². The van der Waals surface area contributed by atoms with Gasteiger partial charge in [0.15, 0.2) is 6.61 Å². The van der Waals surface area contributed by atoms with Gasteiger partial charge in [-0.15, -0.1) is 11.8 Å². The molecule has 3 fully saturated rings. The molecule has 0 radical (unpaired) electrons. The third-order valence-electron chi connectivity index (χ3n) is 9.17. The number of para-hydroxylation sites is 1. The lowest BCUT2D eigenvalue weighted by molar-refractivity contribution is -0.154. The Hall–Kier alpha value is -3.90. The van der Waals surface area contributed by atoms with Crippen LogP contribution in [0, 0.1) is 29.6 Å². The predicted molar refractivity (Wildman–Crippen MR) is 154 cm³/mol. The Morgan fingerprint density at radius 2 is 1.74 bits per heavy atom. The number of aromatic amines is 1. The Kier molecular flexibility index (Phi) is 6.50. The molecule has 8 atom stereocenters. The maximum atomic E-state index is 13.5. The first-order valence-corrected chi connectivity index (χ1v) is 15.5. The monoisotopic (exact) mass is 605 g/mol. The van der Waals surface area contributed by atoms with Gasteiger partial charge in [0.05, 0.1) is 16.9 Å². The summed E-state index contributed by atoms with van der Waals surface area (Å²) < 4.78 is 5.72. The SMILES string of the molecule is CC(C(=O)O)N1C(=O)C2C3CC(C2C1=O)C1C3Sc2[nH]c(=O)sc2[C@@H]1c1ccc(OCC(=O)Nc2ccccc2)cc1. The molecule has 2 bridgehead atoms. The smallest absolute Gasteiger partial charge is 0.326 e. The first-order chi connectivity index (χ1) is 20.2. The fourth-order valence-electron chi connectivity index (χ4n) is 7.54. The topological polar surface area (TPSA) is 146 Å². The van der Waals surface area contributed by atoms with Crippen LogP contribution < -0.4 is 14.9 Å². The largest absolute Gasteiger partial charge is 0.484 e. The maximum Gasteiger partial charge on any atom is 0.326 e. The van der Waals surface area contributed by atoms with Gasteiger partial charge in [0, 0.05) is 21.7 Å². The van der Waals surface area contributed by atoms with Gasteiger partial charge < -0.3 is 20.1 Å². The summed E-state index contributed by atoms with van der Waals surface area (Å²) in [6, 6.07) is 15.4. The van der Waals surface area contributed by atoms with Gasteiger partial charge in [0.2, 0.25) is 11.8 Å². The zero-order valence-corrected chi connectivity index (χ0v) is 24.0. The lowest BCUT2D eigenvalue weighted by Crippen LogP contribution is -2.44. The molecule has 12 heteroatoms. The van der Waals surface area contributed by atoms with E-state index >= 15 is 0 Å². The predicted octanol–water partition coefficient (Wildman–Crippen LogP) is 3.40. The molecular formula is C30H27N3O7S2. The Balaban J connectivity index is 1.15. The van der Waals surface area contributed by atoms with Crippen molar-refractivity contribution in [3.05, 3.63) is 74.7 Å². The fraction of sp³-hybridized carbons (Fsp3) is 0.367. The van der Waals surface area contributed by atoms with E-state index in [-0.39, 0.29) is 58.1 Å². The first-order valence-electron chi connectivity index (χ1n) is 13.8. The van der Waals surface area contributed by atoms with Crippen molar-refractivity contribution in [2.75, 3.05) is 11.9 Å². The number of H-pyrrole nitrogens is 1. The summed E-state index contributed by atoms with van der Waals surface area (Å²) >= 11 is 2.75. The molecule has 1 saturated heterocycles. The van der Waals surface area contributed by atoms with Gasteiger partial charge in [-0.3, -0.25) is 24.1 Å². The molecule has 216 valence electrons. The number of nitrogens with zero attached hydrogens (tertiary/aromatic N) is 1. The number of imide groups is 1. The number of ether oxygens (including phenoxy) is 1. The van der Waals surface area contributed by atoms with E-state index in [1.807, 2.05) is 30.3 Å². The summed E-state index contributed by atoms with van der Waals surface area (Å²) in [6.07, 6.45) is 0.720. The van der Waals surface area contributed by atoms with Crippen molar-refractivity contribution in [3.8, 4) is 5.75 Å². The van der Waals surface area contributed by atoms with Gasteiger partial charge in [-0.2, -0.15) is 0 Å². The van der Waals surface area contributed by atoms with Crippen LogP contribution in [-0.2, 0) is 19.2 Å². The van der Waals surface area contributed by atoms with Crippen LogP contribution in [0.2, 0.25) is 0 Å². The number of anilines is 1. The average Bonchev–Trinajstić information content (AvgIpc) is 3.71. The molecule has 3 heterocycles. The number of benzene rings is 2. The minimum Gasteiger partial charge on any atom is -0.484 e. The highest BCUT2D eigenvalue weighted by Gasteiger charge is 2.70. The Bertz CT molecular complexity index is 1650. The van der Waals surface area contributed by atoms with Crippen LogP contribution in [0.4, 0.5) is 5.69 Å². The molecule has 1 aromatic heterocycles. The van der Waals surface area contributed by atoms with Crippen LogP contribution in [0.3, 0.4) is 0 Å². The highest BCUT2D eigenvalue weighted by atomic mass is 32.2. The van der Waals surface area contributed by atoms with E-state index in [9.17, 15) is 29.1 Å². The van der Waals surface area contributed by atoms with Gasteiger partial charge in [0.1, 0.15) is 11.8 Å². The number of carboxylic acid groups (broad SMARTS) is 1. The summed E-state index contributed by atoms with van der Waals surface area (Å²) in [5, 5.41) is 13.1. The molecule has 42 heavy (non-hydrogen) atoms. The average molecular weight is 606 g/mol. The number of fused-ring (bicyclic) bond motifs is 9. The highest BCUT2D eigenvalue weighted by Crippen LogP contribution is 2.68. The second-order valence-electron chi connectivity index (χ2n) is 11.3. The van der Waals surface area contributed by atoms with Gasteiger partial charge in [-0.25, -0.2) is 4.79 Å². The van der Waals surface area contributed by atoms with Gasteiger partial charge in [-0.05, 0) is 60.9 Å². The van der Waals surface area contributed by atoms with Crippen LogP contribution in [0.5, 0.6) is 5.75 Å². The van der Waals surface area contributed by atoms with Crippen molar-refractivity contribution in [2.24, 2.45) is 29.6 Å². The van der Waals surface area contributed by atoms with Crippen molar-refractivity contribution in [3.63, 3.8) is 0 Å². The van der Waals surface area contributed by atoms with Gasteiger partial charge in [0.25, 0.3) is 5.91 Å². The fourth-order valence-corrected chi connectivity index (χ4v) is 10.4. The minimum absolute atomic E-state index is 0.000419. The number of likely N-dealkylation sites (tertiary alicyclic amines) is 1. The Morgan fingerprint density at radius 1 is 1.05 bits per heavy atom. The minimum atomic E-state index is -1.21. The summed E-state index contributed by atoms with van der Waals surface area (Å²) in [5.74, 6) is -3.16. The molecule has 2 saturated carbocycles. The van der Waals surface area contributed by atoms with E-state index in [1.165, 1.54) is 18.3 Å². The molecule has 2 aliphatic carbocycles. The lowest BCUT2D eigenvalue weighted by atomic mass is 9.68. The number of aliphatic carboxylic acids is 1. The number of thioether (sulfide) groups is 1. The molecule has 7 rings (SSSR count). The Labute approximate surface area is 248 Å². The van der Waals surface area contributed by atoms with Crippen molar-refractivity contribution in [1.82, 2.24) is 9.88 Å². The van der Waals surface area contributed by atoms with Crippen molar-refractivity contribution in [1.29, 1.82) is 0 Å². The molecule has 0 spiro atoms. The van der Waals surface area contributed by atoms with Crippen LogP contribution in [-0.4, -0.2) is 56.6 Å². The van der Waals surface area contributed by atoms with E-state index in [0.717, 1.165) is 26.8 Å². The van der Waals surface area contributed by atoms with E-state index in [4.69, 9.17) is 4.74 Å². The molecular weight excluding hydrogens is 578 g/mol. The summed E-state index contributed by atoms with van der Waals surface area (Å²) in [7, 11) is 0. The third-order valence-corrected chi connectivity index (χ3v) is 11.8. The molecule has 2 aliphatic heterocycles. The number of carbonyl (C=O) groups is 4. The molecule has 3 N–H and O–H groups in total. The zero-order valence-electron chi connectivity index (χ0n) is 22.4. The second kappa shape index (κ2) is 10.1. The number of hydrogen-bond donors (Lipinski definition) is 3. The first kappa shape index (κ1) is 27.0. The third kappa shape index (κ3) is 4.18. The van der Waals surface area contributed by atoms with E-state index in [1.54, 1.807) is 36.0 Å². The Morgan fingerprint density at radius 3 is 2.43 bits per heavy atom. The molecule has 3 amide bonds. The summed E-state index contributed by atoms with van der Waals surface area (Å²) in [5.41, 5.74) is 1.64. The number of nitrogens with one attached hydrogen (secondary N) is 2. The number of hydrogen-bond acceptors (Lipinski definition) is 8. The highest BCUT2D eigenvalue weighted by molar-refractivity contribution is 8.00. The van der Waals surface area contributed by atoms with Crippen LogP contribution in [0.25, 0.3) is 0 Å². The number of amides is 3. The van der Waals surface area contributed by atoms with Crippen LogP contribution >= 0.6 is 23.1 Å². The van der Waals surface area contributed by atoms with Gasteiger partial charge >= 0.3 is 10.8 Å². The molecule has 10 nitrogen and oxygen atoms in total. The number of carboxylic acids is 1. The van der Waals surface area contributed by atoms with E-state index in [2.05, 4.69) is 10.3 Å². The maximum absolute atomic E-state index is 13.5. The summed E-state index contributed by atoms with van der Waals surface area (Å²) in [6.45, 7) is 1.22. The van der Waals surface area contributed by atoms with Gasteiger partial charge in [-0.1, -0.05) is 41.7 Å². The lowest BCUT2D eigenvalue weighted by Gasteiger charge is -2.43. The molecule has 2 aromatic carbocycles. The zero-order chi connectivity index (χ0) is 29.3. The standard InChI is InChI=1S/C30H27N3O7S2/c1-13(29(37)38)33-27(35)22-17-11-18(23(22)28(33)36)24-21(17)20(25-26(41-24)32-30(39)42-25)14-7-9-16(10-8-14)40-12-19(34)31-15-5-3-2-4-6-15/h2-10,13,17-18,20-24H,11-12H2,1H3,(H,31,34)(H,32,39)(H,37,38)/t13?,17?,18?,20-,21?,22?,23?,24?/m1/s1. The number of aromatic nitrogens is 1. The second-order valence-corrected chi connectivity index (χ2v) is 13.5. The van der Waals surface area contributed by atoms with Crippen molar-refractivity contribution >= 4 is 52.5 Å². The number of rotatable bonds is 7. The normalized spacial score (nSPS) is 29.5. The van der Waals surface area contributed by atoms with E-state index in [0.29, 0.717) is 11.4 Å². The molecule has 4 aliphatic rings.